The summed E-state index contributed by atoms with van der Waals surface area (Å²) in [6.45, 7) is 1.78. The van der Waals surface area contributed by atoms with Gasteiger partial charge in [0.05, 0.1) is 11.5 Å². The van der Waals surface area contributed by atoms with E-state index in [4.69, 9.17) is 0 Å². The van der Waals surface area contributed by atoms with Crippen LogP contribution in [0.2, 0.25) is 0 Å². The van der Waals surface area contributed by atoms with Gasteiger partial charge in [0, 0.05) is 43.9 Å². The Morgan fingerprint density at radius 2 is 2.00 bits per heavy atom. The molecule has 0 bridgehead atoms. The summed E-state index contributed by atoms with van der Waals surface area (Å²) in [5.74, 6) is -0.843. The lowest BCUT2D eigenvalue weighted by Crippen LogP contribution is -2.37. The van der Waals surface area contributed by atoms with Crippen molar-refractivity contribution in [1.29, 1.82) is 0 Å². The topological polar surface area (TPSA) is 116 Å². The van der Waals surface area contributed by atoms with Crippen LogP contribution in [0, 0.1) is 0 Å². The van der Waals surface area contributed by atoms with Crippen molar-refractivity contribution in [2.45, 2.75) is 43.4 Å². The predicted octanol–water partition coefficient (Wildman–Crippen LogP) is 1.76. The Kier molecular flexibility index (Phi) is 7.08. The molecule has 178 valence electrons. The van der Waals surface area contributed by atoms with Gasteiger partial charge in [-0.2, -0.15) is 4.99 Å². The highest BCUT2D eigenvalue weighted by atomic mass is 32.2. The van der Waals surface area contributed by atoms with Gasteiger partial charge in [-0.3, -0.25) is 14.4 Å². The summed E-state index contributed by atoms with van der Waals surface area (Å²) >= 11 is 1.35. The van der Waals surface area contributed by atoms with E-state index in [1.165, 1.54) is 23.1 Å². The van der Waals surface area contributed by atoms with E-state index in [-0.39, 0.29) is 41.7 Å². The maximum Gasteiger partial charge on any atom is 0.262 e. The first-order valence-electron chi connectivity index (χ1n) is 11.1. The van der Waals surface area contributed by atoms with E-state index in [0.717, 1.165) is 25.9 Å². The minimum Gasteiger partial charge on any atom is -0.351 e. The van der Waals surface area contributed by atoms with Gasteiger partial charge in [0.15, 0.2) is 15.0 Å². The summed E-state index contributed by atoms with van der Waals surface area (Å²) in [6, 6.07) is 6.19. The molecule has 1 aromatic rings. The third kappa shape index (κ3) is 5.75. The lowest BCUT2D eigenvalue weighted by Gasteiger charge is -2.27. The maximum absolute atomic E-state index is 12.8. The van der Waals surface area contributed by atoms with Gasteiger partial charge in [0.1, 0.15) is 5.25 Å². The number of carbonyl (C=O) groups is 3. The number of carbonyl (C=O) groups excluding carboxylic acids is 3. The first-order chi connectivity index (χ1) is 15.7. The Morgan fingerprint density at radius 1 is 1.24 bits per heavy atom. The van der Waals surface area contributed by atoms with Gasteiger partial charge in [-0.25, -0.2) is 8.42 Å². The average molecular weight is 493 g/mol. The second-order valence-corrected chi connectivity index (χ2v) is 12.1. The molecule has 0 saturated carbocycles. The van der Waals surface area contributed by atoms with Gasteiger partial charge in [0.25, 0.3) is 11.8 Å². The number of anilines is 1. The molecule has 11 heteroatoms. The number of benzene rings is 1. The van der Waals surface area contributed by atoms with Crippen molar-refractivity contribution in [3.63, 3.8) is 0 Å². The molecule has 0 unspecified atom stereocenters. The van der Waals surface area contributed by atoms with E-state index in [1.807, 2.05) is 0 Å². The molecule has 0 spiro atoms. The normalized spacial score (nSPS) is 24.5. The Labute approximate surface area is 197 Å². The summed E-state index contributed by atoms with van der Waals surface area (Å²) in [4.78, 5) is 45.5. The Morgan fingerprint density at radius 3 is 2.70 bits per heavy atom. The molecule has 0 radical (unpaired) electrons. The van der Waals surface area contributed by atoms with E-state index >= 15 is 0 Å². The van der Waals surface area contributed by atoms with Crippen LogP contribution in [0.3, 0.4) is 0 Å². The SMILES string of the molecule is CN(C(=O)c1cccc(NC(=O)C[C@@H]2SC(N3CCCCC3)=NC2=O)c1)[C@@H]1CCS(=O)(=O)C1. The molecule has 3 aliphatic heterocycles. The minimum absolute atomic E-state index is 0.00233. The van der Waals surface area contributed by atoms with Crippen LogP contribution in [-0.2, 0) is 19.4 Å². The number of rotatable bonds is 5. The fourth-order valence-corrected chi connectivity index (χ4v) is 7.18. The molecule has 9 nitrogen and oxygen atoms in total. The lowest BCUT2D eigenvalue weighted by atomic mass is 10.1. The van der Waals surface area contributed by atoms with Crippen LogP contribution in [0.4, 0.5) is 5.69 Å². The van der Waals surface area contributed by atoms with Gasteiger partial charge in [-0.05, 0) is 43.9 Å². The average Bonchev–Trinajstić information content (AvgIpc) is 3.35. The molecule has 2 saturated heterocycles. The van der Waals surface area contributed by atoms with Crippen LogP contribution in [0.5, 0.6) is 0 Å². The number of aliphatic imine (C=N–C) groups is 1. The number of nitrogens with one attached hydrogen (secondary N) is 1. The number of nitrogens with zero attached hydrogens (tertiary/aromatic N) is 3. The number of amidine groups is 1. The molecule has 1 N–H and O–H groups in total. The lowest BCUT2D eigenvalue weighted by molar-refractivity contribution is -0.121. The monoisotopic (exact) mass is 492 g/mol. The zero-order chi connectivity index (χ0) is 23.6. The van der Waals surface area contributed by atoms with Crippen LogP contribution < -0.4 is 5.32 Å². The second-order valence-electron chi connectivity index (χ2n) is 8.69. The van der Waals surface area contributed by atoms with Crippen LogP contribution in [0.25, 0.3) is 0 Å². The van der Waals surface area contributed by atoms with Gasteiger partial charge in [0.2, 0.25) is 5.91 Å². The predicted molar refractivity (Wildman–Crippen MR) is 128 cm³/mol. The smallest absolute Gasteiger partial charge is 0.262 e. The Balaban J connectivity index is 1.33. The molecule has 3 amide bonds. The van der Waals surface area contributed by atoms with Crippen LogP contribution in [0.1, 0.15) is 42.5 Å². The first kappa shape index (κ1) is 23.7. The summed E-state index contributed by atoms with van der Waals surface area (Å²) in [6.07, 6.45) is 3.78. The number of hydrogen-bond acceptors (Lipinski definition) is 7. The molecule has 3 heterocycles. The van der Waals surface area contributed by atoms with E-state index < -0.39 is 15.1 Å². The number of likely N-dealkylation sites (tertiary alicyclic amines) is 1. The number of piperidine rings is 1. The molecule has 2 fully saturated rings. The first-order valence-corrected chi connectivity index (χ1v) is 13.8. The number of sulfone groups is 1. The Hall–Kier alpha value is -2.40. The fourth-order valence-electron chi connectivity index (χ4n) is 4.29. The highest BCUT2D eigenvalue weighted by Crippen LogP contribution is 2.29. The largest absolute Gasteiger partial charge is 0.351 e. The fraction of sp³-hybridized carbons (Fsp3) is 0.545. The van der Waals surface area contributed by atoms with Gasteiger partial charge in [-0.15, -0.1) is 0 Å². The van der Waals surface area contributed by atoms with Crippen LogP contribution in [0.15, 0.2) is 29.3 Å². The molecule has 2 atom stereocenters. The van der Waals surface area contributed by atoms with Crippen molar-refractivity contribution in [2.75, 3.05) is 37.0 Å². The van der Waals surface area contributed by atoms with Crippen LogP contribution in [-0.4, -0.2) is 84.0 Å². The third-order valence-electron chi connectivity index (χ3n) is 6.20. The summed E-state index contributed by atoms with van der Waals surface area (Å²) in [5.41, 5.74) is 0.813. The van der Waals surface area contributed by atoms with Gasteiger partial charge < -0.3 is 15.1 Å². The number of amides is 3. The van der Waals surface area contributed by atoms with Crippen molar-refractivity contribution >= 4 is 50.2 Å². The van der Waals surface area contributed by atoms with Crippen molar-refractivity contribution in [3.05, 3.63) is 29.8 Å². The minimum atomic E-state index is -3.10. The van der Waals surface area contributed by atoms with E-state index in [9.17, 15) is 22.8 Å². The highest BCUT2D eigenvalue weighted by Gasteiger charge is 2.34. The van der Waals surface area contributed by atoms with E-state index in [0.29, 0.717) is 22.8 Å². The molecule has 0 aromatic heterocycles. The van der Waals surface area contributed by atoms with Crippen molar-refractivity contribution < 1.29 is 22.8 Å². The molecule has 4 rings (SSSR count). The molecule has 1 aromatic carbocycles. The van der Waals surface area contributed by atoms with Gasteiger partial charge in [-0.1, -0.05) is 17.8 Å². The van der Waals surface area contributed by atoms with Crippen molar-refractivity contribution in [1.82, 2.24) is 9.80 Å². The Bertz CT molecular complexity index is 1080. The standard InChI is InChI=1S/C22H28N4O5S2/c1-25(17-8-11-33(30,31)14-17)21(29)15-6-5-7-16(12-15)23-19(27)13-18-20(28)24-22(32-18)26-9-3-2-4-10-26/h5-7,12,17-18H,2-4,8-11,13-14H2,1H3,(H,23,27)/t17-,18+/m1/s1. The maximum atomic E-state index is 12.8. The zero-order valence-corrected chi connectivity index (χ0v) is 20.2. The van der Waals surface area contributed by atoms with E-state index in [2.05, 4.69) is 15.2 Å². The molecular formula is C22H28N4O5S2. The number of hydrogen-bond donors (Lipinski definition) is 1. The number of thioether (sulfide) groups is 1. The highest BCUT2D eigenvalue weighted by molar-refractivity contribution is 8.15. The summed E-state index contributed by atoms with van der Waals surface area (Å²) in [7, 11) is -1.50. The van der Waals surface area contributed by atoms with Crippen molar-refractivity contribution in [3.8, 4) is 0 Å². The molecule has 33 heavy (non-hydrogen) atoms. The van der Waals surface area contributed by atoms with E-state index in [1.54, 1.807) is 31.3 Å². The third-order valence-corrected chi connectivity index (χ3v) is 9.16. The summed E-state index contributed by atoms with van der Waals surface area (Å²) in [5, 5.41) is 2.94. The van der Waals surface area contributed by atoms with Crippen molar-refractivity contribution in [2.24, 2.45) is 4.99 Å². The zero-order valence-electron chi connectivity index (χ0n) is 18.5. The molecule has 3 aliphatic rings. The van der Waals surface area contributed by atoms with Gasteiger partial charge >= 0.3 is 0 Å². The quantitative estimate of drug-likeness (QED) is 0.666. The van der Waals surface area contributed by atoms with Crippen LogP contribution >= 0.6 is 11.8 Å². The second kappa shape index (κ2) is 9.84. The molecule has 0 aliphatic carbocycles. The molecular weight excluding hydrogens is 464 g/mol. The summed E-state index contributed by atoms with van der Waals surface area (Å²) < 4.78 is 23.5.